The molecule has 0 radical (unpaired) electrons. The molecule has 0 aliphatic rings. The van der Waals surface area contributed by atoms with E-state index in [9.17, 15) is 9.59 Å². The van der Waals surface area contributed by atoms with Crippen LogP contribution in [0.1, 0.15) is 13.3 Å². The summed E-state index contributed by atoms with van der Waals surface area (Å²) in [6.45, 7) is 1.24. The lowest BCUT2D eigenvalue weighted by molar-refractivity contribution is -0.139. The molecule has 10 heavy (non-hydrogen) atoms. The Bertz CT molecular complexity index is 215. The Hall–Kier alpha value is -1.48. The van der Waals surface area contributed by atoms with Crippen LogP contribution in [0.4, 0.5) is 0 Å². The molecule has 0 aromatic carbocycles. The van der Waals surface area contributed by atoms with Crippen LogP contribution in [0.5, 0.6) is 0 Å². The molecular formula is C5H6N2O3. The fourth-order valence-electron chi connectivity index (χ4n) is 0.321. The number of carboxylic acids is 1. The Morgan fingerprint density at radius 1 is 1.60 bits per heavy atom. The van der Waals surface area contributed by atoms with Crippen molar-refractivity contribution in [3.63, 3.8) is 0 Å². The van der Waals surface area contributed by atoms with Gasteiger partial charge in [-0.3, -0.25) is 9.59 Å². The third-order valence-electron chi connectivity index (χ3n) is 0.865. The summed E-state index contributed by atoms with van der Waals surface area (Å²) in [7, 11) is 0. The number of Topliss-reactive ketones (excluding diaryl/α,β-unsaturated/α-hetero) is 1. The fraction of sp³-hybridized carbons (Fsp3) is 0.400. The lowest BCUT2D eigenvalue weighted by atomic mass is 10.2. The van der Waals surface area contributed by atoms with Gasteiger partial charge in [0.05, 0.1) is 0 Å². The average molecular weight is 142 g/mol. The Balaban J connectivity index is 4.12. The summed E-state index contributed by atoms with van der Waals surface area (Å²) in [5.41, 5.74) is 7.80. The zero-order valence-corrected chi connectivity index (χ0v) is 5.37. The van der Waals surface area contributed by atoms with E-state index in [0.29, 0.717) is 0 Å². The summed E-state index contributed by atoms with van der Waals surface area (Å²) in [5, 5.41) is 8.07. The molecule has 0 amide bonds. The second-order valence-corrected chi connectivity index (χ2v) is 1.68. The average Bonchev–Trinajstić information content (AvgIpc) is 1.85. The summed E-state index contributed by atoms with van der Waals surface area (Å²) >= 11 is 0. The highest BCUT2D eigenvalue weighted by Gasteiger charge is 2.16. The normalized spacial score (nSPS) is 8.10. The highest BCUT2D eigenvalue weighted by atomic mass is 16.4. The number of nitrogens with zero attached hydrogens (tertiary/aromatic N) is 2. The van der Waals surface area contributed by atoms with Gasteiger partial charge >= 0.3 is 11.7 Å². The van der Waals surface area contributed by atoms with Crippen LogP contribution >= 0.6 is 0 Å². The molecule has 5 heteroatoms. The van der Waals surface area contributed by atoms with Crippen LogP contribution in [0.25, 0.3) is 5.53 Å². The summed E-state index contributed by atoms with van der Waals surface area (Å²) in [6, 6.07) is 0. The van der Waals surface area contributed by atoms with Gasteiger partial charge in [0.25, 0.3) is 0 Å². The highest BCUT2D eigenvalue weighted by molar-refractivity contribution is 6.39. The quantitative estimate of drug-likeness (QED) is 0.254. The molecule has 0 aliphatic heterocycles. The SMILES string of the molecule is CC(=[N+]=[N-])C(=O)CC(=O)O. The Labute approximate surface area is 56.9 Å². The molecule has 0 unspecified atom stereocenters. The summed E-state index contributed by atoms with van der Waals surface area (Å²) in [6.07, 6.45) is -0.629. The first-order valence-electron chi connectivity index (χ1n) is 2.51. The van der Waals surface area contributed by atoms with E-state index in [0.717, 1.165) is 0 Å². The summed E-state index contributed by atoms with van der Waals surface area (Å²) < 4.78 is 0. The number of hydrogen-bond donors (Lipinski definition) is 1. The lowest BCUT2D eigenvalue weighted by Gasteiger charge is -1.83. The minimum absolute atomic E-state index is 0.192. The van der Waals surface area contributed by atoms with E-state index in [1.54, 1.807) is 0 Å². The van der Waals surface area contributed by atoms with E-state index in [-0.39, 0.29) is 5.71 Å². The minimum atomic E-state index is -1.23. The number of ketones is 1. The molecule has 54 valence electrons. The van der Waals surface area contributed by atoms with Gasteiger partial charge in [0.1, 0.15) is 6.42 Å². The third-order valence-corrected chi connectivity index (χ3v) is 0.865. The van der Waals surface area contributed by atoms with Crippen molar-refractivity contribution in [1.82, 2.24) is 0 Å². The van der Waals surface area contributed by atoms with Gasteiger partial charge in [-0.1, -0.05) is 0 Å². The number of hydrogen-bond acceptors (Lipinski definition) is 2. The van der Waals surface area contributed by atoms with Gasteiger partial charge in [-0.2, -0.15) is 4.79 Å². The predicted octanol–water partition coefficient (Wildman–Crippen LogP) is -0.279. The minimum Gasteiger partial charge on any atom is -0.481 e. The van der Waals surface area contributed by atoms with Gasteiger partial charge in [-0.25, -0.2) is 0 Å². The Morgan fingerprint density at radius 2 is 2.10 bits per heavy atom. The van der Waals surface area contributed by atoms with Crippen LogP contribution in [0.2, 0.25) is 0 Å². The van der Waals surface area contributed by atoms with Crippen LogP contribution < -0.4 is 0 Å². The van der Waals surface area contributed by atoms with Gasteiger partial charge in [-0.05, 0) is 0 Å². The van der Waals surface area contributed by atoms with Crippen molar-refractivity contribution in [2.75, 3.05) is 0 Å². The van der Waals surface area contributed by atoms with Gasteiger partial charge in [-0.15, -0.1) is 0 Å². The van der Waals surface area contributed by atoms with Crippen molar-refractivity contribution in [3.8, 4) is 0 Å². The highest BCUT2D eigenvalue weighted by Crippen LogP contribution is 1.83. The zero-order valence-electron chi connectivity index (χ0n) is 5.37. The van der Waals surface area contributed by atoms with E-state index in [1.807, 2.05) is 0 Å². The maximum absolute atomic E-state index is 10.5. The first-order chi connectivity index (χ1) is 4.57. The van der Waals surface area contributed by atoms with Crippen molar-refractivity contribution in [1.29, 1.82) is 0 Å². The van der Waals surface area contributed by atoms with Crippen LogP contribution in [0.15, 0.2) is 0 Å². The van der Waals surface area contributed by atoms with Crippen molar-refractivity contribution >= 4 is 17.5 Å². The summed E-state index contributed by atoms with van der Waals surface area (Å²) in [5.74, 6) is -1.91. The largest absolute Gasteiger partial charge is 0.481 e. The Morgan fingerprint density at radius 3 is 2.40 bits per heavy atom. The standard InChI is InChI=1S/C5H6N2O3/c1-3(7-6)4(8)2-5(9)10/h2H2,1H3,(H,9,10). The lowest BCUT2D eigenvalue weighted by Crippen LogP contribution is -2.15. The molecule has 0 aromatic heterocycles. The molecule has 0 saturated carbocycles. The van der Waals surface area contributed by atoms with Crippen molar-refractivity contribution in [2.24, 2.45) is 0 Å². The number of carbonyl (C=O) groups is 2. The molecule has 0 heterocycles. The maximum Gasteiger partial charge on any atom is 0.331 e. The second-order valence-electron chi connectivity index (χ2n) is 1.68. The maximum atomic E-state index is 10.5. The molecule has 5 nitrogen and oxygen atoms in total. The fourth-order valence-corrected chi connectivity index (χ4v) is 0.321. The number of rotatable bonds is 3. The molecule has 0 fully saturated rings. The molecule has 0 aliphatic carbocycles. The third kappa shape index (κ3) is 2.74. The smallest absolute Gasteiger partial charge is 0.331 e. The van der Waals surface area contributed by atoms with Gasteiger partial charge in [0.2, 0.25) is 5.78 Å². The van der Waals surface area contributed by atoms with Crippen LogP contribution in [0.3, 0.4) is 0 Å². The number of carbonyl (C=O) groups excluding carboxylic acids is 1. The molecule has 0 spiro atoms. The van der Waals surface area contributed by atoms with Crippen molar-refractivity contribution in [2.45, 2.75) is 13.3 Å². The van der Waals surface area contributed by atoms with Crippen LogP contribution in [-0.4, -0.2) is 27.4 Å². The van der Waals surface area contributed by atoms with Crippen LogP contribution in [-0.2, 0) is 9.59 Å². The molecule has 0 aromatic rings. The summed E-state index contributed by atoms with van der Waals surface area (Å²) in [4.78, 5) is 22.9. The molecule has 1 N–H and O–H groups in total. The first kappa shape index (κ1) is 8.52. The number of carboxylic acid groups (broad SMARTS) is 1. The Kier molecular flexibility index (Phi) is 3.01. The first-order valence-corrected chi connectivity index (χ1v) is 2.51. The van der Waals surface area contributed by atoms with Crippen LogP contribution in [0, 0.1) is 0 Å². The van der Waals surface area contributed by atoms with Crippen molar-refractivity contribution < 1.29 is 19.5 Å². The van der Waals surface area contributed by atoms with Crippen molar-refractivity contribution in [3.05, 3.63) is 5.53 Å². The molecule has 0 atom stereocenters. The van der Waals surface area contributed by atoms with Gasteiger partial charge in [0.15, 0.2) is 0 Å². The monoisotopic (exact) mass is 142 g/mol. The van der Waals surface area contributed by atoms with Gasteiger partial charge in [0, 0.05) is 6.92 Å². The van der Waals surface area contributed by atoms with E-state index < -0.39 is 18.2 Å². The van der Waals surface area contributed by atoms with Gasteiger partial charge < -0.3 is 10.6 Å². The molecule has 0 bridgehead atoms. The topological polar surface area (TPSA) is 90.8 Å². The number of aliphatic carboxylic acids is 1. The van der Waals surface area contributed by atoms with E-state index in [1.165, 1.54) is 6.92 Å². The van der Waals surface area contributed by atoms with E-state index in [4.69, 9.17) is 10.6 Å². The molecular weight excluding hydrogens is 136 g/mol. The zero-order chi connectivity index (χ0) is 8.15. The second kappa shape index (κ2) is 3.53. The molecule has 0 saturated heterocycles. The van der Waals surface area contributed by atoms with E-state index >= 15 is 0 Å². The predicted molar refractivity (Wildman–Crippen MR) is 31.6 cm³/mol. The van der Waals surface area contributed by atoms with E-state index in [2.05, 4.69) is 4.79 Å². The molecule has 0 rings (SSSR count).